The molecule has 4 aliphatic rings. The highest BCUT2D eigenvalue weighted by atomic mass is 16.2. The quantitative estimate of drug-likeness (QED) is 0.0167. The van der Waals surface area contributed by atoms with Crippen molar-refractivity contribution in [2.75, 3.05) is 4.90 Å². The highest BCUT2D eigenvalue weighted by Gasteiger charge is 2.45. The number of nitrogens with zero attached hydrogens (tertiary/aromatic N) is 4. The van der Waals surface area contributed by atoms with E-state index in [4.69, 9.17) is 0 Å². The van der Waals surface area contributed by atoms with E-state index in [-0.39, 0.29) is 70.0 Å². The zero-order valence-corrected chi connectivity index (χ0v) is 59.2. The molecule has 99 heavy (non-hydrogen) atoms. The van der Waals surface area contributed by atoms with E-state index in [1.54, 1.807) is 29.2 Å². The van der Waals surface area contributed by atoms with Crippen molar-refractivity contribution in [1.82, 2.24) is 14.7 Å². The molecular weight excluding hydrogens is 1230 g/mol. The second-order valence-corrected chi connectivity index (χ2v) is 29.4. The van der Waals surface area contributed by atoms with Crippen LogP contribution in [0, 0.1) is 0 Å². The topological polar surface area (TPSA) is 150 Å². The van der Waals surface area contributed by atoms with Crippen LogP contribution in [-0.4, -0.2) is 80.1 Å². The zero-order valence-electron chi connectivity index (χ0n) is 59.2. The molecule has 12 nitrogen and oxygen atoms in total. The molecule has 0 fully saturated rings. The molecule has 10 aromatic carbocycles. The summed E-state index contributed by atoms with van der Waals surface area (Å²) in [5, 5.41) is 10.4. The molecule has 0 bridgehead atoms. The van der Waals surface area contributed by atoms with Crippen molar-refractivity contribution in [3.63, 3.8) is 0 Å². The third kappa shape index (κ3) is 11.2. The van der Waals surface area contributed by atoms with Crippen molar-refractivity contribution in [3.05, 3.63) is 136 Å². The third-order valence-corrected chi connectivity index (χ3v) is 23.1. The van der Waals surface area contributed by atoms with Gasteiger partial charge in [-0.25, -0.2) is 4.90 Å². The van der Waals surface area contributed by atoms with Gasteiger partial charge in [-0.3, -0.25) is 53.1 Å². The number of benzene rings is 10. The van der Waals surface area contributed by atoms with Crippen molar-refractivity contribution in [3.8, 4) is 0 Å². The van der Waals surface area contributed by atoms with Crippen LogP contribution in [0.25, 0.3) is 86.2 Å². The summed E-state index contributed by atoms with van der Waals surface area (Å²) in [7, 11) is 0. The number of hydrogen-bond donors (Lipinski definition) is 0. The summed E-state index contributed by atoms with van der Waals surface area (Å²) in [6.45, 7) is 13.1. The van der Waals surface area contributed by atoms with Gasteiger partial charge in [0.2, 0.25) is 0 Å². The van der Waals surface area contributed by atoms with E-state index in [1.807, 2.05) is 66.7 Å². The summed E-state index contributed by atoms with van der Waals surface area (Å²) in [6.07, 6.45) is 28.7. The standard InChI is InChI=1S/C87H96N4O8/c1-7-13-19-25-31-52(32-26-20-14-8-2)88-80(92)62-44-37-55-57-39-47-66-75-67(48-40-58(72(57)75)56-38-45-63(81(88)93)74(62)71(55)56)86(98)91(85(66)97)70-51-69-77-68(84(96)90(87(69)99)54(35-29-23-17-11-5)36-30-24-18-12-6)49-42-60-59-41-46-64-76-65(50-43-61(73(59)76)78(70)79(60)77)83(95)89(82(64)94)53(33-27-21-15-9-3)34-28-22-16-10-4/h37-54H,7-36H2,1-6H3. The van der Waals surface area contributed by atoms with Gasteiger partial charge in [-0.2, -0.15) is 0 Å². The Morgan fingerprint density at radius 3 is 0.717 bits per heavy atom. The molecule has 10 aromatic rings. The predicted octanol–water partition coefficient (Wildman–Crippen LogP) is 22.3. The lowest BCUT2D eigenvalue weighted by molar-refractivity contribution is 0.0501. The van der Waals surface area contributed by atoms with Gasteiger partial charge in [0.15, 0.2) is 0 Å². The number of amides is 8. The van der Waals surface area contributed by atoms with E-state index in [0.29, 0.717) is 94.5 Å². The SMILES string of the molecule is CCCCCCC(CCCCCC)N1C(=O)c2ccc3c4ccc5c6c(ccc(c7ccc(c2c37)C1=O)c64)C(=O)N(c1cc2c3c(ccc4c6ccc7c8c(ccc(c1c34)c86)C(=O)N(C(CCCCCC)CCCCCC)C7=O)C(=O)N(C(CCCCCC)CCCCCC)C2=O)C5=O. The van der Waals surface area contributed by atoms with Crippen LogP contribution in [0.3, 0.4) is 0 Å². The Morgan fingerprint density at radius 2 is 0.444 bits per heavy atom. The maximum absolute atomic E-state index is 16.3. The molecular formula is C87H96N4O8. The first kappa shape index (κ1) is 67.5. The monoisotopic (exact) mass is 1320 g/mol. The van der Waals surface area contributed by atoms with Gasteiger partial charge in [-0.1, -0.05) is 238 Å². The summed E-state index contributed by atoms with van der Waals surface area (Å²) in [6, 6.07) is 27.1. The van der Waals surface area contributed by atoms with Crippen molar-refractivity contribution in [2.24, 2.45) is 0 Å². The maximum Gasteiger partial charge on any atom is 0.266 e. The minimum atomic E-state index is -0.595. The third-order valence-electron chi connectivity index (χ3n) is 23.1. The van der Waals surface area contributed by atoms with E-state index < -0.39 is 17.7 Å². The van der Waals surface area contributed by atoms with Gasteiger partial charge in [-0.15, -0.1) is 0 Å². The molecule has 0 atom stereocenters. The van der Waals surface area contributed by atoms with Crippen LogP contribution >= 0.6 is 0 Å². The first-order chi connectivity index (χ1) is 48.3. The van der Waals surface area contributed by atoms with Crippen molar-refractivity contribution in [1.29, 1.82) is 0 Å². The normalized spacial score (nSPS) is 14.9. The largest absolute Gasteiger partial charge is 0.271 e. The molecule has 0 aromatic heterocycles. The minimum Gasteiger partial charge on any atom is -0.271 e. The Bertz CT molecular complexity index is 4730. The first-order valence-corrected chi connectivity index (χ1v) is 38.3. The van der Waals surface area contributed by atoms with Gasteiger partial charge in [0, 0.05) is 89.4 Å². The molecule has 4 aliphatic heterocycles. The lowest BCUT2D eigenvalue weighted by Crippen LogP contribution is -2.47. The molecule has 0 unspecified atom stereocenters. The number of rotatable bonds is 34. The van der Waals surface area contributed by atoms with Gasteiger partial charge in [0.1, 0.15) is 0 Å². The maximum atomic E-state index is 16.3. The molecule has 4 heterocycles. The molecule has 0 spiro atoms. The summed E-state index contributed by atoms with van der Waals surface area (Å²) < 4.78 is 0. The molecule has 0 N–H and O–H groups in total. The van der Waals surface area contributed by atoms with E-state index in [1.165, 1.54) is 14.7 Å². The van der Waals surface area contributed by atoms with Crippen LogP contribution in [0.5, 0.6) is 0 Å². The number of imide groups is 4. The first-order valence-electron chi connectivity index (χ1n) is 38.3. The molecule has 12 heteroatoms. The van der Waals surface area contributed by atoms with Gasteiger partial charge in [0.05, 0.1) is 11.3 Å². The van der Waals surface area contributed by atoms with Crippen LogP contribution in [0.1, 0.15) is 317 Å². The summed E-state index contributed by atoms with van der Waals surface area (Å²) in [5.41, 5.74) is 3.16. The second kappa shape index (κ2) is 28.5. The zero-order chi connectivity index (χ0) is 68.9. The fraction of sp³-hybridized carbons (Fsp3) is 0.448. The second-order valence-electron chi connectivity index (χ2n) is 29.4. The highest BCUT2D eigenvalue weighted by Crippen LogP contribution is 2.53. The Kier molecular flexibility index (Phi) is 19.5. The fourth-order valence-corrected chi connectivity index (χ4v) is 18.1. The summed E-state index contributed by atoms with van der Waals surface area (Å²) >= 11 is 0. The van der Waals surface area contributed by atoms with Gasteiger partial charge in [0.25, 0.3) is 47.3 Å². The van der Waals surface area contributed by atoms with E-state index >= 15 is 38.4 Å². The van der Waals surface area contributed by atoms with E-state index in [2.05, 4.69) is 41.5 Å². The van der Waals surface area contributed by atoms with Crippen LogP contribution in [-0.2, 0) is 0 Å². The number of unbranched alkanes of at least 4 members (excludes halogenated alkanes) is 18. The highest BCUT2D eigenvalue weighted by molar-refractivity contribution is 6.48. The molecule has 0 radical (unpaired) electrons. The minimum absolute atomic E-state index is 0.174. The van der Waals surface area contributed by atoms with Crippen molar-refractivity contribution >= 4 is 139 Å². The van der Waals surface area contributed by atoms with Crippen molar-refractivity contribution in [2.45, 2.75) is 252 Å². The Hall–Kier alpha value is -8.64. The molecule has 0 aliphatic carbocycles. The number of fused-ring (bicyclic) bond motifs is 4. The molecule has 512 valence electrons. The predicted molar refractivity (Wildman–Crippen MR) is 402 cm³/mol. The number of anilines is 1. The average Bonchev–Trinajstić information content (AvgIpc) is 0.686. The Balaban J connectivity index is 0.936. The molecule has 0 saturated heterocycles. The summed E-state index contributed by atoms with van der Waals surface area (Å²) in [4.78, 5) is 131. The lowest BCUT2D eigenvalue weighted by atomic mass is 9.80. The Labute approximate surface area is 581 Å². The fourth-order valence-electron chi connectivity index (χ4n) is 18.1. The number of hydrogen-bond acceptors (Lipinski definition) is 8. The number of carbonyl (C=O) groups excluding carboxylic acids is 8. The van der Waals surface area contributed by atoms with E-state index in [9.17, 15) is 0 Å². The number of carbonyl (C=O) groups is 8. The van der Waals surface area contributed by atoms with Crippen LogP contribution in [0.15, 0.2) is 91.0 Å². The van der Waals surface area contributed by atoms with Gasteiger partial charge < -0.3 is 0 Å². The summed E-state index contributed by atoms with van der Waals surface area (Å²) in [5.74, 6) is -3.22. The van der Waals surface area contributed by atoms with E-state index in [0.717, 1.165) is 212 Å². The van der Waals surface area contributed by atoms with Crippen molar-refractivity contribution < 1.29 is 38.4 Å². The Morgan fingerprint density at radius 1 is 0.222 bits per heavy atom. The molecule has 8 amide bonds. The van der Waals surface area contributed by atoms with Crippen LogP contribution in [0.4, 0.5) is 5.69 Å². The molecule has 14 rings (SSSR count). The molecule has 0 saturated carbocycles. The average molecular weight is 1330 g/mol. The van der Waals surface area contributed by atoms with Crippen LogP contribution < -0.4 is 4.90 Å². The van der Waals surface area contributed by atoms with Crippen LogP contribution in [0.2, 0.25) is 0 Å². The van der Waals surface area contributed by atoms with Gasteiger partial charge >= 0.3 is 0 Å². The van der Waals surface area contributed by atoms with Gasteiger partial charge in [-0.05, 0) is 141 Å². The smallest absolute Gasteiger partial charge is 0.266 e. The lowest BCUT2D eigenvalue weighted by Gasteiger charge is -2.37.